The molecule has 0 aliphatic carbocycles. The van der Waals surface area contributed by atoms with Crippen molar-refractivity contribution in [3.05, 3.63) is 29.8 Å². The molecule has 0 heterocycles. The van der Waals surface area contributed by atoms with E-state index < -0.39 is 0 Å². The number of aromatic hydroxyl groups is 1. The summed E-state index contributed by atoms with van der Waals surface area (Å²) in [5, 5.41) is 8.92. The Bertz CT molecular complexity index is 244. The minimum Gasteiger partial charge on any atom is -0.508 e. The Labute approximate surface area is 106 Å². The molecule has 0 aromatic heterocycles. The van der Waals surface area contributed by atoms with Gasteiger partial charge in [-0.15, -0.1) is 0 Å². The van der Waals surface area contributed by atoms with E-state index >= 15 is 0 Å². The molecule has 0 atom stereocenters. The van der Waals surface area contributed by atoms with Crippen molar-refractivity contribution < 1.29 is 9.84 Å². The van der Waals surface area contributed by atoms with Crippen LogP contribution in [0.15, 0.2) is 24.3 Å². The summed E-state index contributed by atoms with van der Waals surface area (Å²) in [4.78, 5) is 0. The van der Waals surface area contributed by atoms with E-state index in [1.54, 1.807) is 6.07 Å². The van der Waals surface area contributed by atoms with Crippen molar-refractivity contribution in [1.29, 1.82) is 0 Å². The van der Waals surface area contributed by atoms with Gasteiger partial charge in [0.15, 0.2) is 0 Å². The van der Waals surface area contributed by atoms with Crippen LogP contribution in [0.2, 0.25) is 0 Å². The summed E-state index contributed by atoms with van der Waals surface area (Å²) in [5.74, 6) is 0.368. The predicted octanol–water partition coefficient (Wildman–Crippen LogP) is 4.30. The number of hydrogen-bond donors (Lipinski definition) is 1. The molecule has 17 heavy (non-hydrogen) atoms. The Morgan fingerprint density at radius 2 is 1.53 bits per heavy atom. The molecule has 0 saturated carbocycles. The predicted molar refractivity (Wildman–Crippen MR) is 73.5 cm³/mol. The van der Waals surface area contributed by atoms with Crippen LogP contribution < -0.4 is 0 Å². The number of benzene rings is 1. The Morgan fingerprint density at radius 1 is 1.00 bits per heavy atom. The second-order valence-electron chi connectivity index (χ2n) is 4.11. The fourth-order valence-electron chi connectivity index (χ4n) is 1.16. The molecule has 1 rings (SSSR count). The summed E-state index contributed by atoms with van der Waals surface area (Å²) in [6, 6.07) is 7.25. The van der Waals surface area contributed by atoms with Gasteiger partial charge >= 0.3 is 0 Å². The smallest absolute Gasteiger partial charge is 0.118 e. The number of hydrogen-bond acceptors (Lipinski definition) is 2. The zero-order chi connectivity index (χ0) is 12.9. The number of para-hydroxylation sites is 1. The molecule has 0 spiro atoms. The molecule has 1 aromatic carbocycles. The highest BCUT2D eigenvalue weighted by Gasteiger charge is 1.87. The maximum Gasteiger partial charge on any atom is 0.118 e. The van der Waals surface area contributed by atoms with Crippen LogP contribution in [-0.4, -0.2) is 18.3 Å². The average molecular weight is 238 g/mol. The third-order valence-corrected chi connectivity index (χ3v) is 2.40. The van der Waals surface area contributed by atoms with E-state index in [2.05, 4.69) is 13.8 Å². The maximum absolute atomic E-state index is 8.92. The topological polar surface area (TPSA) is 29.5 Å². The third-order valence-electron chi connectivity index (χ3n) is 2.40. The molecule has 1 N–H and O–H groups in total. The normalized spacial score (nSPS) is 9.59. The second-order valence-corrected chi connectivity index (χ2v) is 4.11. The molecule has 0 bridgehead atoms. The zero-order valence-corrected chi connectivity index (χ0v) is 11.4. The Morgan fingerprint density at radius 3 is 1.88 bits per heavy atom. The van der Waals surface area contributed by atoms with Crippen molar-refractivity contribution in [3.8, 4) is 5.75 Å². The minimum absolute atomic E-state index is 0.368. The Balaban J connectivity index is 0.000000302. The number of ether oxygens (including phenoxy) is 1. The highest BCUT2D eigenvalue weighted by molar-refractivity contribution is 5.29. The van der Waals surface area contributed by atoms with E-state index in [-0.39, 0.29) is 0 Å². The van der Waals surface area contributed by atoms with Crippen LogP contribution in [0.25, 0.3) is 0 Å². The molecule has 0 aliphatic heterocycles. The first-order valence-corrected chi connectivity index (χ1v) is 6.54. The summed E-state index contributed by atoms with van der Waals surface area (Å²) in [5.41, 5.74) is 0.924. The van der Waals surface area contributed by atoms with Crippen LogP contribution in [0.5, 0.6) is 5.75 Å². The molecule has 0 unspecified atom stereocenters. The van der Waals surface area contributed by atoms with Crippen molar-refractivity contribution in [3.63, 3.8) is 0 Å². The number of aryl methyl sites for hydroxylation is 1. The lowest BCUT2D eigenvalue weighted by atomic mass is 10.2. The molecule has 0 fully saturated rings. The third kappa shape index (κ3) is 9.88. The van der Waals surface area contributed by atoms with Crippen molar-refractivity contribution >= 4 is 0 Å². The SMILES string of the molecule is CCCCOCCCC.Cc1ccccc1O. The summed E-state index contributed by atoms with van der Waals surface area (Å²) < 4.78 is 5.31. The summed E-state index contributed by atoms with van der Waals surface area (Å²) in [7, 11) is 0. The van der Waals surface area contributed by atoms with Gasteiger partial charge in [-0.3, -0.25) is 0 Å². The minimum atomic E-state index is 0.368. The van der Waals surface area contributed by atoms with Crippen LogP contribution in [0.3, 0.4) is 0 Å². The van der Waals surface area contributed by atoms with E-state index in [0.29, 0.717) is 5.75 Å². The van der Waals surface area contributed by atoms with Crippen molar-refractivity contribution in [2.45, 2.75) is 46.5 Å². The van der Waals surface area contributed by atoms with E-state index in [0.717, 1.165) is 18.8 Å². The molecule has 0 amide bonds. The van der Waals surface area contributed by atoms with Gasteiger partial charge in [0, 0.05) is 13.2 Å². The highest BCUT2D eigenvalue weighted by Crippen LogP contribution is 2.12. The summed E-state index contributed by atoms with van der Waals surface area (Å²) in [6.07, 6.45) is 4.91. The van der Waals surface area contributed by atoms with Gasteiger partial charge in [-0.05, 0) is 31.4 Å². The number of unbranched alkanes of at least 4 members (excludes halogenated alkanes) is 2. The molecular formula is C15H26O2. The number of phenolic OH excluding ortho intramolecular Hbond substituents is 1. The fraction of sp³-hybridized carbons (Fsp3) is 0.600. The molecule has 2 heteroatoms. The van der Waals surface area contributed by atoms with Crippen molar-refractivity contribution in [2.24, 2.45) is 0 Å². The molecule has 0 radical (unpaired) electrons. The van der Waals surface area contributed by atoms with Gasteiger partial charge in [0.05, 0.1) is 0 Å². The van der Waals surface area contributed by atoms with E-state index in [9.17, 15) is 0 Å². The molecule has 1 aromatic rings. The Hall–Kier alpha value is -1.02. The van der Waals surface area contributed by atoms with Gasteiger partial charge < -0.3 is 9.84 Å². The van der Waals surface area contributed by atoms with Crippen LogP contribution in [-0.2, 0) is 4.74 Å². The lowest BCUT2D eigenvalue weighted by Gasteiger charge is -1.99. The van der Waals surface area contributed by atoms with Gasteiger partial charge in [-0.2, -0.15) is 0 Å². The van der Waals surface area contributed by atoms with Gasteiger partial charge in [-0.1, -0.05) is 44.9 Å². The lowest BCUT2D eigenvalue weighted by Crippen LogP contribution is -1.95. The van der Waals surface area contributed by atoms with Crippen LogP contribution in [0, 0.1) is 6.92 Å². The van der Waals surface area contributed by atoms with E-state index in [1.165, 1.54) is 25.7 Å². The van der Waals surface area contributed by atoms with E-state index in [4.69, 9.17) is 9.84 Å². The van der Waals surface area contributed by atoms with Crippen molar-refractivity contribution in [1.82, 2.24) is 0 Å². The molecule has 2 nitrogen and oxygen atoms in total. The standard InChI is InChI=1S/C8H18O.C7H8O/c1-3-5-7-9-8-6-4-2;1-6-4-2-3-5-7(6)8/h3-8H2,1-2H3;2-5,8H,1H3. The molecule has 0 aliphatic rings. The summed E-state index contributed by atoms with van der Waals surface area (Å²) in [6.45, 7) is 8.15. The van der Waals surface area contributed by atoms with E-state index in [1.807, 2.05) is 25.1 Å². The Kier molecular flexibility index (Phi) is 10.8. The highest BCUT2D eigenvalue weighted by atomic mass is 16.5. The van der Waals surface area contributed by atoms with Crippen LogP contribution in [0.1, 0.15) is 45.1 Å². The first kappa shape index (κ1) is 16.0. The first-order valence-electron chi connectivity index (χ1n) is 6.54. The number of rotatable bonds is 6. The van der Waals surface area contributed by atoms with Gasteiger partial charge in [0.2, 0.25) is 0 Å². The summed E-state index contributed by atoms with van der Waals surface area (Å²) >= 11 is 0. The van der Waals surface area contributed by atoms with Crippen LogP contribution in [0.4, 0.5) is 0 Å². The quantitative estimate of drug-likeness (QED) is 0.749. The second kappa shape index (κ2) is 11.5. The zero-order valence-electron chi connectivity index (χ0n) is 11.4. The van der Waals surface area contributed by atoms with Crippen LogP contribution >= 0.6 is 0 Å². The van der Waals surface area contributed by atoms with Gasteiger partial charge in [0.1, 0.15) is 5.75 Å². The van der Waals surface area contributed by atoms with Crippen molar-refractivity contribution in [2.75, 3.05) is 13.2 Å². The fourth-order valence-corrected chi connectivity index (χ4v) is 1.16. The maximum atomic E-state index is 8.92. The monoisotopic (exact) mass is 238 g/mol. The average Bonchev–Trinajstić information content (AvgIpc) is 2.34. The largest absolute Gasteiger partial charge is 0.508 e. The van der Waals surface area contributed by atoms with Gasteiger partial charge in [0.25, 0.3) is 0 Å². The molecule has 0 saturated heterocycles. The van der Waals surface area contributed by atoms with Gasteiger partial charge in [-0.25, -0.2) is 0 Å². The number of phenols is 1. The lowest BCUT2D eigenvalue weighted by molar-refractivity contribution is 0.128. The first-order chi connectivity index (χ1) is 8.22. The molecular weight excluding hydrogens is 212 g/mol. The molecule has 98 valence electrons.